The number of rotatable bonds is 3. The molecule has 0 spiro atoms. The van der Waals surface area contributed by atoms with Gasteiger partial charge in [0.15, 0.2) is 0 Å². The zero-order chi connectivity index (χ0) is 17.1. The van der Waals surface area contributed by atoms with Crippen molar-refractivity contribution in [2.45, 2.75) is 0 Å². The van der Waals surface area contributed by atoms with Crippen LogP contribution in [0.1, 0.15) is 15.9 Å². The van der Waals surface area contributed by atoms with E-state index >= 15 is 0 Å². The van der Waals surface area contributed by atoms with E-state index in [0.29, 0.717) is 11.3 Å². The lowest BCUT2D eigenvalue weighted by Crippen LogP contribution is -2.21. The van der Waals surface area contributed by atoms with Gasteiger partial charge in [-0.25, -0.2) is 5.01 Å². The number of fused-ring (bicyclic) bond motifs is 1. The monoisotopic (exact) mass is 324 g/mol. The number of para-hydroxylation sites is 2. The summed E-state index contributed by atoms with van der Waals surface area (Å²) in [6, 6.07) is 27.2. The fourth-order valence-electron chi connectivity index (χ4n) is 2.82. The van der Waals surface area contributed by atoms with Crippen molar-refractivity contribution in [2.75, 3.05) is 5.01 Å². The molecule has 0 aromatic heterocycles. The molecule has 0 saturated carbocycles. The molecule has 3 aromatic carbocycles. The molecule has 1 aliphatic rings. The summed E-state index contributed by atoms with van der Waals surface area (Å²) in [7, 11) is 0. The van der Waals surface area contributed by atoms with Crippen LogP contribution in [0.15, 0.2) is 96.1 Å². The highest BCUT2D eigenvalue weighted by Crippen LogP contribution is 2.26. The van der Waals surface area contributed by atoms with Gasteiger partial charge in [-0.3, -0.25) is 4.79 Å². The van der Waals surface area contributed by atoms with Crippen LogP contribution in [0.5, 0.6) is 0 Å². The van der Waals surface area contributed by atoms with Gasteiger partial charge in [-0.15, -0.1) is 0 Å². The molecule has 25 heavy (non-hydrogen) atoms. The number of hydrogen-bond donors (Lipinski definition) is 0. The summed E-state index contributed by atoms with van der Waals surface area (Å²) in [4.78, 5) is 12.8. The predicted molar refractivity (Wildman–Crippen MR) is 102 cm³/mol. The van der Waals surface area contributed by atoms with E-state index in [-0.39, 0.29) is 5.78 Å². The smallest absolute Gasteiger partial charge is 0.213 e. The Kier molecular flexibility index (Phi) is 3.97. The summed E-state index contributed by atoms with van der Waals surface area (Å²) in [6.07, 6.45) is 3.72. The van der Waals surface area contributed by atoms with Crippen molar-refractivity contribution in [3.05, 3.63) is 102 Å². The molecule has 0 N–H and O–H groups in total. The normalized spacial score (nSPS) is 14.4. The summed E-state index contributed by atoms with van der Waals surface area (Å²) in [6.45, 7) is 0. The van der Waals surface area contributed by atoms with Crippen molar-refractivity contribution in [1.82, 2.24) is 0 Å². The Morgan fingerprint density at radius 3 is 1.84 bits per heavy atom. The number of allylic oxidation sites excluding steroid dienone is 1. The SMILES string of the molecule is O=C1C(=NN(c2ccccc2)c2ccccc2)C=Cc2ccccc21. The molecule has 0 saturated heterocycles. The van der Waals surface area contributed by atoms with Crippen LogP contribution in [0, 0.1) is 0 Å². The lowest BCUT2D eigenvalue weighted by atomic mass is 9.95. The molecule has 1 aliphatic carbocycles. The van der Waals surface area contributed by atoms with Crippen LogP contribution in [0.25, 0.3) is 6.08 Å². The standard InChI is InChI=1S/C22H16N2O/c25-22-20-14-8-7-9-17(20)15-16-21(22)23-24(18-10-3-1-4-11-18)19-12-5-2-6-13-19/h1-16H. The van der Waals surface area contributed by atoms with Crippen LogP contribution in [0.2, 0.25) is 0 Å². The van der Waals surface area contributed by atoms with Crippen molar-refractivity contribution in [3.63, 3.8) is 0 Å². The van der Waals surface area contributed by atoms with Crippen molar-refractivity contribution < 1.29 is 4.79 Å². The number of Topliss-reactive ketones (excluding diaryl/α,β-unsaturated/α-hetero) is 1. The largest absolute Gasteiger partial charge is 0.287 e. The van der Waals surface area contributed by atoms with Gasteiger partial charge >= 0.3 is 0 Å². The molecular formula is C22H16N2O. The number of nitrogens with zero attached hydrogens (tertiary/aromatic N) is 2. The minimum atomic E-state index is -0.0602. The van der Waals surface area contributed by atoms with E-state index in [4.69, 9.17) is 0 Å². The molecule has 0 unspecified atom stereocenters. The van der Waals surface area contributed by atoms with Gasteiger partial charge in [0, 0.05) is 5.56 Å². The summed E-state index contributed by atoms with van der Waals surface area (Å²) < 4.78 is 0. The number of hydrogen-bond acceptors (Lipinski definition) is 3. The van der Waals surface area contributed by atoms with Crippen molar-refractivity contribution in [2.24, 2.45) is 5.10 Å². The quantitative estimate of drug-likeness (QED) is 0.629. The molecule has 0 atom stereocenters. The molecule has 0 fully saturated rings. The topological polar surface area (TPSA) is 32.7 Å². The maximum atomic E-state index is 12.8. The zero-order valence-corrected chi connectivity index (χ0v) is 13.5. The van der Waals surface area contributed by atoms with Crippen LogP contribution in [0.3, 0.4) is 0 Å². The highest BCUT2D eigenvalue weighted by Gasteiger charge is 2.20. The first kappa shape index (κ1) is 15.1. The third-order valence-corrected chi connectivity index (χ3v) is 4.07. The molecule has 0 radical (unpaired) electrons. The predicted octanol–water partition coefficient (Wildman–Crippen LogP) is 5.09. The van der Waals surface area contributed by atoms with Crippen LogP contribution in [0.4, 0.5) is 11.4 Å². The Morgan fingerprint density at radius 2 is 1.20 bits per heavy atom. The molecule has 0 bridgehead atoms. The first-order chi connectivity index (χ1) is 12.3. The molecule has 0 amide bonds. The van der Waals surface area contributed by atoms with Gasteiger partial charge in [-0.2, -0.15) is 5.10 Å². The van der Waals surface area contributed by atoms with E-state index in [1.54, 1.807) is 11.1 Å². The molecule has 120 valence electrons. The number of carbonyl (C=O) groups excluding carboxylic acids is 1. The number of benzene rings is 3. The Balaban J connectivity index is 1.80. The minimum absolute atomic E-state index is 0.0602. The van der Waals surface area contributed by atoms with Gasteiger partial charge in [-0.05, 0) is 35.9 Å². The van der Waals surface area contributed by atoms with E-state index in [2.05, 4.69) is 5.10 Å². The third kappa shape index (κ3) is 3.00. The summed E-state index contributed by atoms with van der Waals surface area (Å²) in [5.41, 5.74) is 3.84. The van der Waals surface area contributed by atoms with Crippen molar-refractivity contribution in [1.29, 1.82) is 0 Å². The Morgan fingerprint density at radius 1 is 0.640 bits per heavy atom. The molecule has 3 aromatic rings. The number of carbonyl (C=O) groups is 1. The lowest BCUT2D eigenvalue weighted by molar-refractivity contribution is 0.106. The van der Waals surface area contributed by atoms with Crippen LogP contribution in [-0.4, -0.2) is 11.5 Å². The van der Waals surface area contributed by atoms with E-state index in [1.807, 2.05) is 91.0 Å². The van der Waals surface area contributed by atoms with Gasteiger partial charge in [0.25, 0.3) is 0 Å². The molecule has 0 aliphatic heterocycles. The van der Waals surface area contributed by atoms with E-state index in [1.165, 1.54) is 0 Å². The fraction of sp³-hybridized carbons (Fsp3) is 0. The van der Waals surface area contributed by atoms with Crippen molar-refractivity contribution in [3.8, 4) is 0 Å². The number of anilines is 2. The first-order valence-electron chi connectivity index (χ1n) is 8.13. The third-order valence-electron chi connectivity index (χ3n) is 4.07. The van der Waals surface area contributed by atoms with Gasteiger partial charge < -0.3 is 0 Å². The molecule has 3 nitrogen and oxygen atoms in total. The van der Waals surface area contributed by atoms with Gasteiger partial charge in [0.2, 0.25) is 5.78 Å². The fourth-order valence-corrected chi connectivity index (χ4v) is 2.82. The van der Waals surface area contributed by atoms with Crippen molar-refractivity contribution >= 4 is 28.9 Å². The van der Waals surface area contributed by atoms with E-state index in [9.17, 15) is 4.79 Å². The van der Waals surface area contributed by atoms with E-state index in [0.717, 1.165) is 16.9 Å². The second kappa shape index (κ2) is 6.57. The first-order valence-corrected chi connectivity index (χ1v) is 8.13. The summed E-state index contributed by atoms with van der Waals surface area (Å²) >= 11 is 0. The second-order valence-corrected chi connectivity index (χ2v) is 5.72. The molecule has 4 rings (SSSR count). The van der Waals surface area contributed by atoms with Gasteiger partial charge in [-0.1, -0.05) is 66.7 Å². The summed E-state index contributed by atoms with van der Waals surface area (Å²) in [5.74, 6) is -0.0602. The van der Waals surface area contributed by atoms with Crippen LogP contribution >= 0.6 is 0 Å². The van der Waals surface area contributed by atoms with Crippen LogP contribution in [-0.2, 0) is 0 Å². The Labute approximate surface area is 146 Å². The summed E-state index contributed by atoms with van der Waals surface area (Å²) in [5, 5.41) is 6.47. The van der Waals surface area contributed by atoms with Gasteiger partial charge in [0.05, 0.1) is 11.4 Å². The average molecular weight is 324 g/mol. The molecular weight excluding hydrogens is 308 g/mol. The van der Waals surface area contributed by atoms with E-state index < -0.39 is 0 Å². The maximum Gasteiger partial charge on any atom is 0.213 e. The minimum Gasteiger partial charge on any atom is -0.287 e. The number of hydrazone groups is 1. The van der Waals surface area contributed by atoms with Crippen LogP contribution < -0.4 is 5.01 Å². The molecule has 3 heteroatoms. The average Bonchev–Trinajstić information content (AvgIpc) is 2.69. The number of ketones is 1. The Bertz CT molecular complexity index is 920. The zero-order valence-electron chi connectivity index (χ0n) is 13.5. The second-order valence-electron chi connectivity index (χ2n) is 5.72. The Hall–Kier alpha value is -3.46. The van der Waals surface area contributed by atoms with Gasteiger partial charge in [0.1, 0.15) is 5.71 Å². The maximum absolute atomic E-state index is 12.8. The highest BCUT2D eigenvalue weighted by molar-refractivity contribution is 6.52. The lowest BCUT2D eigenvalue weighted by Gasteiger charge is -2.21. The molecule has 0 heterocycles. The highest BCUT2D eigenvalue weighted by atomic mass is 16.1.